The molecule has 0 bridgehead atoms. The third-order valence-corrected chi connectivity index (χ3v) is 8.65. The van der Waals surface area contributed by atoms with Gasteiger partial charge in [0.2, 0.25) is 0 Å². The van der Waals surface area contributed by atoms with E-state index in [0.29, 0.717) is 0 Å². The van der Waals surface area contributed by atoms with Gasteiger partial charge in [0.1, 0.15) is 0 Å². The quantitative estimate of drug-likeness (QED) is 0.159. The van der Waals surface area contributed by atoms with Crippen LogP contribution in [0.3, 0.4) is 0 Å². The predicted molar refractivity (Wildman–Crippen MR) is 203 cm³/mol. The zero-order chi connectivity index (χ0) is 32.0. The predicted octanol–water partition coefficient (Wildman–Crippen LogP) is 13.1. The summed E-state index contributed by atoms with van der Waals surface area (Å²) in [6.07, 6.45) is 3.78. The van der Waals surface area contributed by atoms with Crippen LogP contribution in [0.4, 0.5) is 17.1 Å². The fraction of sp³-hybridized carbons (Fsp3) is 0. The number of benzene rings is 7. The van der Waals surface area contributed by atoms with E-state index in [1.165, 1.54) is 22.3 Å². The number of hydrogen-bond donors (Lipinski definition) is 0. The van der Waals surface area contributed by atoms with E-state index in [0.717, 1.165) is 50.4 Å². The molecule has 7 aromatic rings. The molecule has 0 amide bonds. The molecule has 1 heteroatoms. The second-order valence-electron chi connectivity index (χ2n) is 11.5. The van der Waals surface area contributed by atoms with E-state index in [-0.39, 0.29) is 0 Å². The van der Waals surface area contributed by atoms with Crippen molar-refractivity contribution in [2.24, 2.45) is 0 Å². The van der Waals surface area contributed by atoms with Gasteiger partial charge in [-0.25, -0.2) is 0 Å². The average Bonchev–Trinajstić information content (AvgIpc) is 3.16. The number of nitrogens with zero attached hydrogens (tertiary/aromatic N) is 1. The first-order valence-corrected chi connectivity index (χ1v) is 15.9. The second kappa shape index (κ2) is 13.4. The van der Waals surface area contributed by atoms with Crippen LogP contribution in [0.2, 0.25) is 0 Å². The summed E-state index contributed by atoms with van der Waals surface area (Å²) >= 11 is 0. The average molecular weight is 602 g/mol. The van der Waals surface area contributed by atoms with Crippen molar-refractivity contribution in [3.05, 3.63) is 200 Å². The van der Waals surface area contributed by atoms with Gasteiger partial charge in [0, 0.05) is 17.1 Å². The Morgan fingerprint density at radius 2 is 0.745 bits per heavy atom. The molecular formula is C46H35N. The lowest BCUT2D eigenvalue weighted by molar-refractivity contribution is 1.28. The first-order chi connectivity index (χ1) is 23.2. The first-order valence-electron chi connectivity index (χ1n) is 15.9. The van der Waals surface area contributed by atoms with E-state index in [9.17, 15) is 0 Å². The van der Waals surface area contributed by atoms with Gasteiger partial charge >= 0.3 is 0 Å². The molecule has 0 fully saturated rings. The third-order valence-electron chi connectivity index (χ3n) is 8.65. The summed E-state index contributed by atoms with van der Waals surface area (Å²) in [6, 6.07) is 62.7. The Morgan fingerprint density at radius 1 is 0.319 bits per heavy atom. The molecule has 0 atom stereocenters. The minimum Gasteiger partial charge on any atom is -0.310 e. The third kappa shape index (κ3) is 6.20. The highest BCUT2D eigenvalue weighted by Crippen LogP contribution is 2.42. The lowest BCUT2D eigenvalue weighted by Gasteiger charge is -2.27. The Morgan fingerprint density at radius 3 is 1.23 bits per heavy atom. The number of anilines is 3. The largest absolute Gasteiger partial charge is 0.310 e. The van der Waals surface area contributed by atoms with Gasteiger partial charge in [-0.3, -0.25) is 0 Å². The Balaban J connectivity index is 1.38. The van der Waals surface area contributed by atoms with Gasteiger partial charge in [-0.1, -0.05) is 159 Å². The van der Waals surface area contributed by atoms with Crippen molar-refractivity contribution in [3.8, 4) is 44.5 Å². The van der Waals surface area contributed by atoms with Crippen LogP contribution in [0.25, 0.3) is 56.7 Å². The highest BCUT2D eigenvalue weighted by Gasteiger charge is 2.17. The van der Waals surface area contributed by atoms with Crippen molar-refractivity contribution in [3.63, 3.8) is 0 Å². The Kier molecular flexibility index (Phi) is 8.44. The van der Waals surface area contributed by atoms with Crippen LogP contribution in [0.15, 0.2) is 189 Å². The maximum Gasteiger partial charge on any atom is 0.0468 e. The monoisotopic (exact) mass is 601 g/mol. The molecule has 7 rings (SSSR count). The van der Waals surface area contributed by atoms with E-state index in [2.05, 4.69) is 194 Å². The summed E-state index contributed by atoms with van der Waals surface area (Å²) in [5.41, 5.74) is 14.8. The molecule has 0 radical (unpaired) electrons. The van der Waals surface area contributed by atoms with E-state index >= 15 is 0 Å². The van der Waals surface area contributed by atoms with Crippen molar-refractivity contribution in [2.45, 2.75) is 0 Å². The minimum atomic E-state index is 1.07. The summed E-state index contributed by atoms with van der Waals surface area (Å²) in [4.78, 5) is 2.34. The van der Waals surface area contributed by atoms with Gasteiger partial charge in [-0.2, -0.15) is 0 Å². The Labute approximate surface area is 278 Å². The van der Waals surface area contributed by atoms with E-state index in [1.54, 1.807) is 0 Å². The van der Waals surface area contributed by atoms with Gasteiger partial charge in [0.05, 0.1) is 0 Å². The number of hydrogen-bond acceptors (Lipinski definition) is 1. The van der Waals surface area contributed by atoms with Gasteiger partial charge in [0.15, 0.2) is 0 Å². The zero-order valence-corrected chi connectivity index (χ0v) is 26.3. The van der Waals surface area contributed by atoms with Crippen LogP contribution in [0, 0.1) is 0 Å². The maximum absolute atomic E-state index is 4.06. The van der Waals surface area contributed by atoms with E-state index in [1.807, 2.05) is 12.2 Å². The second-order valence-corrected chi connectivity index (χ2v) is 11.5. The van der Waals surface area contributed by atoms with Crippen molar-refractivity contribution in [1.82, 2.24) is 0 Å². The summed E-state index contributed by atoms with van der Waals surface area (Å²) in [6.45, 7) is 8.04. The summed E-state index contributed by atoms with van der Waals surface area (Å²) in [7, 11) is 0. The summed E-state index contributed by atoms with van der Waals surface area (Å²) < 4.78 is 0. The van der Waals surface area contributed by atoms with Gasteiger partial charge < -0.3 is 4.90 Å². The van der Waals surface area contributed by atoms with Gasteiger partial charge in [-0.15, -0.1) is 0 Å². The number of rotatable bonds is 9. The van der Waals surface area contributed by atoms with Crippen LogP contribution in [0.1, 0.15) is 11.1 Å². The SMILES string of the molecule is C=Cc1ccc(-c2ccc(N(c3ccc(-c4ccccc4)cc3)c3ccc(-c4ccccc4)cc3)cc2-c2ccccc2)cc1C=C. The molecule has 0 aliphatic carbocycles. The fourth-order valence-electron chi connectivity index (χ4n) is 6.20. The van der Waals surface area contributed by atoms with Crippen molar-refractivity contribution >= 4 is 29.2 Å². The molecule has 47 heavy (non-hydrogen) atoms. The topological polar surface area (TPSA) is 3.24 Å². The fourth-order valence-corrected chi connectivity index (χ4v) is 6.20. The molecule has 0 saturated carbocycles. The first kappa shape index (κ1) is 29.5. The lowest BCUT2D eigenvalue weighted by Crippen LogP contribution is -2.10. The Bertz CT molecular complexity index is 2040. The molecule has 0 N–H and O–H groups in total. The molecule has 1 nitrogen and oxygen atoms in total. The molecular weight excluding hydrogens is 567 g/mol. The molecule has 0 unspecified atom stereocenters. The highest BCUT2D eigenvalue weighted by molar-refractivity contribution is 5.90. The molecule has 0 aliphatic heterocycles. The maximum atomic E-state index is 4.06. The highest BCUT2D eigenvalue weighted by atomic mass is 15.1. The summed E-state index contributed by atoms with van der Waals surface area (Å²) in [5.74, 6) is 0. The molecule has 7 aromatic carbocycles. The van der Waals surface area contributed by atoms with E-state index < -0.39 is 0 Å². The molecule has 0 aromatic heterocycles. The van der Waals surface area contributed by atoms with Crippen molar-refractivity contribution < 1.29 is 0 Å². The van der Waals surface area contributed by atoms with Crippen LogP contribution in [-0.2, 0) is 0 Å². The summed E-state index contributed by atoms with van der Waals surface area (Å²) in [5, 5.41) is 0. The molecule has 0 heterocycles. The van der Waals surface area contributed by atoms with Crippen LogP contribution in [-0.4, -0.2) is 0 Å². The minimum absolute atomic E-state index is 1.07. The normalized spacial score (nSPS) is 10.7. The van der Waals surface area contributed by atoms with Crippen LogP contribution < -0.4 is 4.90 Å². The zero-order valence-electron chi connectivity index (χ0n) is 26.3. The van der Waals surface area contributed by atoms with Gasteiger partial charge in [-0.05, 0) is 98.1 Å². The smallest absolute Gasteiger partial charge is 0.0468 e. The van der Waals surface area contributed by atoms with Crippen molar-refractivity contribution in [1.29, 1.82) is 0 Å². The van der Waals surface area contributed by atoms with Crippen molar-refractivity contribution in [2.75, 3.05) is 4.90 Å². The van der Waals surface area contributed by atoms with Crippen LogP contribution >= 0.6 is 0 Å². The van der Waals surface area contributed by atoms with Crippen LogP contribution in [0.5, 0.6) is 0 Å². The standard InChI is InChI=1S/C46H35N/c1-3-34-20-21-41(32-35(34)4-2)45-31-30-44(33-46(45)40-18-12-7-13-19-40)47(42-26-22-38(23-27-42)36-14-8-5-9-15-36)43-28-24-39(25-29-43)37-16-10-6-11-17-37/h3-33H,1-2H2. The van der Waals surface area contributed by atoms with Gasteiger partial charge in [0.25, 0.3) is 0 Å². The molecule has 0 saturated heterocycles. The lowest BCUT2D eigenvalue weighted by atomic mass is 9.91. The molecule has 0 aliphatic rings. The molecule has 0 spiro atoms. The molecule has 224 valence electrons. The Hall–Kier alpha value is -6.18. The van der Waals surface area contributed by atoms with E-state index in [4.69, 9.17) is 0 Å².